The maximum absolute atomic E-state index is 13.9. The fourth-order valence-corrected chi connectivity index (χ4v) is 18.4. The van der Waals surface area contributed by atoms with Gasteiger partial charge >= 0.3 is 11.9 Å². The van der Waals surface area contributed by atoms with E-state index in [1.165, 1.54) is 29.4 Å². The monoisotopic (exact) mass is 2110 g/mol. The van der Waals surface area contributed by atoms with Gasteiger partial charge in [0.25, 0.3) is 41.0 Å². The number of amides is 6. The van der Waals surface area contributed by atoms with Gasteiger partial charge in [-0.1, -0.05) is 165 Å². The van der Waals surface area contributed by atoms with Crippen molar-refractivity contribution in [2.75, 3.05) is 61.5 Å². The molecular formula is C114H135Cl5N10O18. The second-order valence-electron chi connectivity index (χ2n) is 37.4. The third-order valence-electron chi connectivity index (χ3n) is 23.6. The fraction of sp³-hybridized carbons (Fsp3) is 0.386. The second-order valence-corrected chi connectivity index (χ2v) is 39.1. The third kappa shape index (κ3) is 30.1. The van der Waals surface area contributed by atoms with Gasteiger partial charge in [0.15, 0.2) is 0 Å². The highest BCUT2D eigenvalue weighted by molar-refractivity contribution is 6.38. The van der Waals surface area contributed by atoms with Crippen LogP contribution in [0.5, 0.6) is 40.6 Å². The molecule has 7 aromatic carbocycles. The van der Waals surface area contributed by atoms with Gasteiger partial charge in [-0.15, -0.1) is 11.6 Å². The van der Waals surface area contributed by atoms with Crippen LogP contribution in [0.4, 0.5) is 0 Å². The number of aromatic amines is 1. The van der Waals surface area contributed by atoms with Crippen molar-refractivity contribution in [1.82, 2.24) is 49.8 Å². The predicted octanol–water partition coefficient (Wildman–Crippen LogP) is 22.8. The number of pyridine rings is 4. The van der Waals surface area contributed by atoms with E-state index < -0.39 is 11.9 Å². The number of hydrogen-bond donors (Lipinski definition) is 3. The first-order valence-electron chi connectivity index (χ1n) is 48.5. The highest BCUT2D eigenvalue weighted by atomic mass is 35.5. The molecule has 147 heavy (non-hydrogen) atoms. The van der Waals surface area contributed by atoms with Crippen molar-refractivity contribution < 1.29 is 81.4 Å². The van der Waals surface area contributed by atoms with E-state index in [0.29, 0.717) is 175 Å². The number of benzene rings is 7. The molecule has 0 saturated carbocycles. The molecule has 0 fully saturated rings. The summed E-state index contributed by atoms with van der Waals surface area (Å²) in [6.07, 6.45) is 2.40. The van der Waals surface area contributed by atoms with Crippen molar-refractivity contribution in [1.29, 1.82) is 0 Å². The van der Waals surface area contributed by atoms with Crippen LogP contribution in [0.25, 0.3) is 0 Å². The smallest absolute Gasteiger partial charge is 0.338 e. The topological polar surface area (TPSA) is 330 Å². The summed E-state index contributed by atoms with van der Waals surface area (Å²) in [6.45, 7) is 38.1. The number of carboxylic acids is 1. The van der Waals surface area contributed by atoms with E-state index in [1.54, 1.807) is 61.1 Å². The van der Waals surface area contributed by atoms with E-state index in [-0.39, 0.29) is 128 Å². The molecule has 0 atom stereocenters. The highest BCUT2D eigenvalue weighted by Crippen LogP contribution is 2.44. The van der Waals surface area contributed by atoms with Crippen LogP contribution < -0.4 is 44.0 Å². The molecule has 33 heteroatoms. The Labute approximate surface area is 887 Å². The number of carbonyl (C=O) groups is 8. The Balaban J connectivity index is 0.000000207. The number of aromatic carboxylic acids is 1. The number of nitrogens with one attached hydrogen (secondary N) is 2. The van der Waals surface area contributed by atoms with Crippen LogP contribution in [0.3, 0.4) is 0 Å². The molecule has 784 valence electrons. The number of esters is 1. The summed E-state index contributed by atoms with van der Waals surface area (Å²) in [7, 11) is 8.00. The summed E-state index contributed by atoms with van der Waals surface area (Å²) in [4.78, 5) is 140. The minimum absolute atomic E-state index is 0. The zero-order valence-electron chi connectivity index (χ0n) is 87.3. The van der Waals surface area contributed by atoms with E-state index in [9.17, 15) is 48.3 Å². The number of nitrogens with zero attached hydrogens (tertiary/aromatic N) is 8. The summed E-state index contributed by atoms with van der Waals surface area (Å²) in [5.41, 5.74) is 18.0. The van der Waals surface area contributed by atoms with E-state index in [2.05, 4.69) is 39.1 Å². The van der Waals surface area contributed by atoms with Crippen molar-refractivity contribution in [2.45, 2.75) is 234 Å². The first-order chi connectivity index (χ1) is 69.3. The molecule has 4 aromatic heterocycles. The first-order valence-corrected chi connectivity index (χ1v) is 50.5. The van der Waals surface area contributed by atoms with Crippen LogP contribution in [0.15, 0.2) is 144 Å². The van der Waals surface area contributed by atoms with Gasteiger partial charge < -0.3 is 77.8 Å². The van der Waals surface area contributed by atoms with Crippen LogP contribution in [0.1, 0.15) is 272 Å². The van der Waals surface area contributed by atoms with Crippen molar-refractivity contribution in [3.8, 4) is 40.6 Å². The Morgan fingerprint density at radius 2 is 0.721 bits per heavy atom. The summed E-state index contributed by atoms with van der Waals surface area (Å²) < 4.78 is 45.8. The number of aryl methyl sites for hydroxylation is 8. The van der Waals surface area contributed by atoms with Gasteiger partial charge in [0, 0.05) is 111 Å². The molecule has 0 spiro atoms. The molecule has 0 bridgehead atoms. The standard InChI is InChI=1S/C30H34ClN3O4.C28H29ClN2O5.C23H28ClN3O4.C15H16ClNO.C14H16ClNO4.C3H8.CH4/c1-18(2)38-25-15-23(29(35)33(5)6)22-12-13-34(30(36)26(22)27(25)31)16-24-19(3)14-20(4)32-28(24)37-17-21-10-8-7-9-11-21;1-16(2)36-23-13-21(28(33)34)20-10-11-31(27(32)24(20)25(23)29)14-22-17(3)12-18(4)30-26(22)35-15-19-8-6-5-7-9-19;1-12(2)31-18-10-16(22(29)26(5)6)15-7-8-27(23(30)19(15)20(18)24)11-17-13(3)9-14(4)25-21(17)28;1-11-8-12(2)17-15(14(11)9-16)18-10-13-6-4-3-5-7-13;1-7(2)20-10-6-9(14(18)19-3)8-4-5-16-13(17)11(8)12(10)15;1-3-2;/h7-11,14-15,18H,12-13,16-17H2,1-6H3;5-9,12-13,16H,10-11,14-15H2,1-4H3,(H,33,34);9-10,12H,7-8,11H2,1-6H3,(H,25,28);3-8H,9-10H2,1-2H3;6-7H,4-5H2,1-3H3,(H,16,17);3H2,1-2H3;1H4. The quantitative estimate of drug-likeness (QED) is 0.0303. The zero-order chi connectivity index (χ0) is 107. The Morgan fingerprint density at radius 3 is 1.04 bits per heavy atom. The third-order valence-corrected chi connectivity index (χ3v) is 25.4. The van der Waals surface area contributed by atoms with E-state index >= 15 is 0 Å². The molecule has 8 heterocycles. The van der Waals surface area contributed by atoms with Crippen LogP contribution in [0.2, 0.25) is 20.1 Å². The fourth-order valence-electron chi connectivity index (χ4n) is 16.9. The van der Waals surface area contributed by atoms with Crippen LogP contribution >= 0.6 is 58.0 Å². The zero-order valence-corrected chi connectivity index (χ0v) is 91.0. The second kappa shape index (κ2) is 53.9. The summed E-state index contributed by atoms with van der Waals surface area (Å²) >= 11 is 32.2. The maximum Gasteiger partial charge on any atom is 0.338 e. The number of carbonyl (C=O) groups excluding carboxylic acids is 7. The lowest BCUT2D eigenvalue weighted by molar-refractivity contribution is 0.0595. The molecule has 0 unspecified atom stereocenters. The van der Waals surface area contributed by atoms with Gasteiger partial charge in [-0.2, -0.15) is 0 Å². The minimum atomic E-state index is -1.12. The number of rotatable bonds is 28. The van der Waals surface area contributed by atoms with Crippen LogP contribution in [0, 0.1) is 55.4 Å². The molecule has 0 aliphatic carbocycles. The average Bonchev–Trinajstić information content (AvgIpc) is 0.777. The van der Waals surface area contributed by atoms with Gasteiger partial charge in [0.1, 0.15) is 42.8 Å². The number of hydrogen-bond acceptors (Lipinski definition) is 20. The number of carboxylic acid groups (broad SMARTS) is 1. The van der Waals surface area contributed by atoms with Crippen molar-refractivity contribution in [3.63, 3.8) is 0 Å². The Hall–Kier alpha value is -13.3. The maximum atomic E-state index is 13.9. The van der Waals surface area contributed by atoms with Crippen LogP contribution in [-0.4, -0.2) is 183 Å². The lowest BCUT2D eigenvalue weighted by Gasteiger charge is -2.32. The molecule has 28 nitrogen and oxygen atoms in total. The van der Waals surface area contributed by atoms with Crippen molar-refractivity contribution in [3.05, 3.63) is 321 Å². The Morgan fingerprint density at radius 1 is 0.422 bits per heavy atom. The Kier molecular flexibility index (Phi) is 43.0. The number of alkyl halides is 1. The molecule has 15 rings (SSSR count). The summed E-state index contributed by atoms with van der Waals surface area (Å²) in [6, 6.07) is 43.8. The molecular weight excluding hydrogens is 1970 g/mol. The molecule has 4 aliphatic heterocycles. The molecule has 4 aliphatic rings. The number of ether oxygens (including phenoxy) is 8. The largest absolute Gasteiger partial charge is 0.489 e. The van der Waals surface area contributed by atoms with Crippen molar-refractivity contribution >= 4 is 105 Å². The summed E-state index contributed by atoms with van der Waals surface area (Å²) in [5.74, 6) is -0.0134. The van der Waals surface area contributed by atoms with Gasteiger partial charge in [-0.3, -0.25) is 33.6 Å². The molecule has 11 aromatic rings. The van der Waals surface area contributed by atoms with E-state index in [0.717, 1.165) is 78.4 Å². The van der Waals surface area contributed by atoms with Gasteiger partial charge in [-0.05, 0) is 246 Å². The predicted molar refractivity (Wildman–Crippen MR) is 577 cm³/mol. The number of fused-ring (bicyclic) bond motifs is 4. The average molecular weight is 2110 g/mol. The SMILES string of the molecule is C.CCC.COC(=O)c1cc(OC(C)C)c(Cl)c2c1CCNC2=O.Cc1cc(C)c(CCl)c(OCc2ccccc2)n1.Cc1cc(C)c(CN2CCc3c(C(=O)N(C)C)cc(OC(C)C)c(Cl)c3C2=O)c(=O)[nH]1.Cc1cc(C)c(CN2CCc3c(C(=O)N(C)C)cc(OC(C)C)c(Cl)c3C2=O)c(OCc2ccccc2)n1.Cc1cc(C)c(CN2CCc3c(C(=O)O)cc(OC(C)C)c(Cl)c3C2=O)c(OCc2ccccc2)n1. The van der Waals surface area contributed by atoms with Gasteiger partial charge in [0.2, 0.25) is 17.6 Å². The molecule has 6 amide bonds. The highest BCUT2D eigenvalue weighted by Gasteiger charge is 2.39. The first kappa shape index (κ1) is 117. The molecule has 0 saturated heterocycles. The minimum Gasteiger partial charge on any atom is -0.489 e. The van der Waals surface area contributed by atoms with Crippen LogP contribution in [-0.2, 0) is 75.8 Å². The number of aromatic nitrogens is 4. The lowest BCUT2D eigenvalue weighted by Crippen LogP contribution is -2.40. The van der Waals surface area contributed by atoms with Gasteiger partial charge in [-0.25, -0.2) is 24.5 Å². The number of halogens is 5. The van der Waals surface area contributed by atoms with E-state index in [1.807, 2.05) is 226 Å². The normalized spacial score (nSPS) is 12.6. The lowest BCUT2D eigenvalue weighted by atomic mass is 9.92. The molecule has 0 radical (unpaired) electrons. The van der Waals surface area contributed by atoms with Gasteiger partial charge in [0.05, 0.1) is 111 Å². The summed E-state index contributed by atoms with van der Waals surface area (Å²) in [5, 5.41) is 13.3. The molecule has 3 N–H and O–H groups in total. The Bertz CT molecular complexity index is 6660. The van der Waals surface area contributed by atoms with E-state index in [4.69, 9.17) is 95.9 Å². The van der Waals surface area contributed by atoms with Crippen molar-refractivity contribution in [2.24, 2.45) is 0 Å². The number of methoxy groups -OCH3 is 1. The number of H-pyrrole nitrogens is 1.